The van der Waals surface area contributed by atoms with Gasteiger partial charge in [0.05, 0.1) is 16.3 Å². The van der Waals surface area contributed by atoms with Crippen molar-refractivity contribution in [3.05, 3.63) is 58.6 Å². The summed E-state index contributed by atoms with van der Waals surface area (Å²) in [5.41, 5.74) is 5.09. The van der Waals surface area contributed by atoms with Crippen LogP contribution in [0.3, 0.4) is 0 Å². The molecule has 23 heavy (non-hydrogen) atoms. The average molecular weight is 325 g/mol. The number of nitrogens with one attached hydrogen (secondary N) is 1. The Kier molecular flexibility index (Phi) is 4.30. The van der Waals surface area contributed by atoms with Crippen molar-refractivity contribution in [2.75, 3.05) is 5.32 Å². The predicted molar refractivity (Wildman–Crippen MR) is 94.8 cm³/mol. The van der Waals surface area contributed by atoms with Gasteiger partial charge in [-0.2, -0.15) is 5.10 Å². The van der Waals surface area contributed by atoms with Gasteiger partial charge in [-0.1, -0.05) is 12.1 Å². The third-order valence-electron chi connectivity index (χ3n) is 3.76. The third kappa shape index (κ3) is 3.51. The number of thiophene rings is 1. The van der Waals surface area contributed by atoms with Crippen LogP contribution in [0.5, 0.6) is 0 Å². The molecule has 0 atom stereocenters. The number of aromatic nitrogens is 2. The van der Waals surface area contributed by atoms with Crippen LogP contribution in [0.4, 0.5) is 5.69 Å². The second-order valence-corrected chi connectivity index (χ2v) is 6.60. The molecule has 0 aliphatic heterocycles. The quantitative estimate of drug-likeness (QED) is 0.782. The van der Waals surface area contributed by atoms with Crippen molar-refractivity contribution in [3.63, 3.8) is 0 Å². The van der Waals surface area contributed by atoms with Crippen LogP contribution in [0.1, 0.15) is 16.8 Å². The van der Waals surface area contributed by atoms with Gasteiger partial charge in [-0.3, -0.25) is 9.48 Å². The van der Waals surface area contributed by atoms with Crippen molar-refractivity contribution < 1.29 is 4.79 Å². The first-order valence-corrected chi connectivity index (χ1v) is 8.36. The number of hydrogen-bond acceptors (Lipinski definition) is 3. The van der Waals surface area contributed by atoms with Gasteiger partial charge < -0.3 is 5.32 Å². The van der Waals surface area contributed by atoms with Crippen LogP contribution in [0.2, 0.25) is 0 Å². The van der Waals surface area contributed by atoms with Crippen LogP contribution in [-0.2, 0) is 11.3 Å². The smallest absolute Gasteiger partial charge is 0.246 e. The SMILES string of the molecule is Cc1cc(-c2cccs2)n(CC(=O)Nc2ccc(C)c(C)c2)n1. The van der Waals surface area contributed by atoms with Gasteiger partial charge in [-0.05, 0) is 61.5 Å². The molecule has 2 heterocycles. The fraction of sp³-hybridized carbons (Fsp3) is 0.222. The van der Waals surface area contributed by atoms with Gasteiger partial charge in [0.1, 0.15) is 6.54 Å². The number of aryl methyl sites for hydroxylation is 3. The molecule has 0 unspecified atom stereocenters. The predicted octanol–water partition coefficient (Wildman–Crippen LogP) is 4.18. The van der Waals surface area contributed by atoms with E-state index >= 15 is 0 Å². The Balaban J connectivity index is 1.77. The Morgan fingerprint density at radius 3 is 2.70 bits per heavy atom. The fourth-order valence-electron chi connectivity index (χ4n) is 2.44. The summed E-state index contributed by atoms with van der Waals surface area (Å²) in [6, 6.07) is 12.0. The van der Waals surface area contributed by atoms with Gasteiger partial charge in [-0.15, -0.1) is 11.3 Å². The Labute approximate surface area is 139 Å². The zero-order valence-electron chi connectivity index (χ0n) is 13.5. The molecule has 0 spiro atoms. The number of carbonyl (C=O) groups excluding carboxylic acids is 1. The molecule has 1 amide bonds. The van der Waals surface area contributed by atoms with Crippen molar-refractivity contribution >= 4 is 22.9 Å². The first kappa shape index (κ1) is 15.5. The summed E-state index contributed by atoms with van der Waals surface area (Å²) >= 11 is 1.65. The molecule has 0 aliphatic carbocycles. The van der Waals surface area contributed by atoms with E-state index in [2.05, 4.69) is 17.3 Å². The molecule has 0 fully saturated rings. The van der Waals surface area contributed by atoms with E-state index in [1.807, 2.05) is 55.6 Å². The van der Waals surface area contributed by atoms with Crippen LogP contribution in [0.25, 0.3) is 10.6 Å². The summed E-state index contributed by atoms with van der Waals surface area (Å²) in [7, 11) is 0. The van der Waals surface area contributed by atoms with E-state index in [-0.39, 0.29) is 12.5 Å². The van der Waals surface area contributed by atoms with E-state index in [4.69, 9.17) is 0 Å². The van der Waals surface area contributed by atoms with Crippen LogP contribution < -0.4 is 5.32 Å². The minimum Gasteiger partial charge on any atom is -0.324 e. The van der Waals surface area contributed by atoms with Crippen molar-refractivity contribution in [3.8, 4) is 10.6 Å². The third-order valence-corrected chi connectivity index (χ3v) is 4.65. The van der Waals surface area contributed by atoms with Crippen LogP contribution in [0.15, 0.2) is 41.8 Å². The first-order valence-electron chi connectivity index (χ1n) is 7.48. The molecule has 1 N–H and O–H groups in total. The maximum Gasteiger partial charge on any atom is 0.246 e. The molecular weight excluding hydrogens is 306 g/mol. The number of hydrogen-bond donors (Lipinski definition) is 1. The van der Waals surface area contributed by atoms with Crippen molar-refractivity contribution in [1.82, 2.24) is 9.78 Å². The van der Waals surface area contributed by atoms with Gasteiger partial charge in [0.25, 0.3) is 0 Å². The normalized spacial score (nSPS) is 10.7. The number of carbonyl (C=O) groups is 1. The standard InChI is InChI=1S/C18H19N3OS/c1-12-6-7-15(9-13(12)2)19-18(22)11-21-16(10-14(3)20-21)17-5-4-8-23-17/h4-10H,11H2,1-3H3,(H,19,22). The number of anilines is 1. The largest absolute Gasteiger partial charge is 0.324 e. The van der Waals surface area contributed by atoms with Crippen molar-refractivity contribution in [2.24, 2.45) is 0 Å². The lowest BCUT2D eigenvalue weighted by Gasteiger charge is -2.09. The average Bonchev–Trinajstić information content (AvgIpc) is 3.12. The lowest BCUT2D eigenvalue weighted by Crippen LogP contribution is -2.20. The molecule has 1 aromatic carbocycles. The first-order chi connectivity index (χ1) is 11.0. The molecule has 0 aliphatic rings. The maximum atomic E-state index is 12.3. The van der Waals surface area contributed by atoms with E-state index in [1.165, 1.54) is 5.56 Å². The zero-order valence-corrected chi connectivity index (χ0v) is 14.3. The number of nitrogens with zero attached hydrogens (tertiary/aromatic N) is 2. The Morgan fingerprint density at radius 1 is 1.17 bits per heavy atom. The number of amides is 1. The highest BCUT2D eigenvalue weighted by Crippen LogP contribution is 2.25. The summed E-state index contributed by atoms with van der Waals surface area (Å²) in [4.78, 5) is 13.5. The molecule has 0 radical (unpaired) electrons. The van der Waals surface area contributed by atoms with E-state index in [1.54, 1.807) is 16.0 Å². The fourth-order valence-corrected chi connectivity index (χ4v) is 3.19. The molecule has 118 valence electrons. The molecule has 0 bridgehead atoms. The molecule has 3 aromatic rings. The van der Waals surface area contributed by atoms with Crippen LogP contribution >= 0.6 is 11.3 Å². The summed E-state index contributed by atoms with van der Waals surface area (Å²) in [6.07, 6.45) is 0. The molecule has 4 nitrogen and oxygen atoms in total. The van der Waals surface area contributed by atoms with Gasteiger partial charge in [0, 0.05) is 5.69 Å². The van der Waals surface area contributed by atoms with E-state index in [9.17, 15) is 4.79 Å². The minimum atomic E-state index is -0.0749. The van der Waals surface area contributed by atoms with Gasteiger partial charge >= 0.3 is 0 Å². The van der Waals surface area contributed by atoms with Crippen LogP contribution in [0, 0.1) is 20.8 Å². The Bertz CT molecular complexity index is 834. The summed E-state index contributed by atoms with van der Waals surface area (Å²) in [5.74, 6) is -0.0749. The topological polar surface area (TPSA) is 46.9 Å². The lowest BCUT2D eigenvalue weighted by atomic mass is 10.1. The number of rotatable bonds is 4. The lowest BCUT2D eigenvalue weighted by molar-refractivity contribution is -0.116. The molecule has 3 rings (SSSR count). The van der Waals surface area contributed by atoms with E-state index in [0.29, 0.717) is 0 Å². The minimum absolute atomic E-state index is 0.0749. The van der Waals surface area contributed by atoms with Crippen LogP contribution in [-0.4, -0.2) is 15.7 Å². The molecule has 5 heteroatoms. The Hall–Kier alpha value is -2.40. The molecule has 2 aromatic heterocycles. The molecule has 0 saturated heterocycles. The number of benzene rings is 1. The second kappa shape index (κ2) is 6.38. The molecular formula is C18H19N3OS. The second-order valence-electron chi connectivity index (χ2n) is 5.65. The highest BCUT2D eigenvalue weighted by atomic mass is 32.1. The van der Waals surface area contributed by atoms with Gasteiger partial charge in [0.2, 0.25) is 5.91 Å². The summed E-state index contributed by atoms with van der Waals surface area (Å²) in [5, 5.41) is 9.41. The highest BCUT2D eigenvalue weighted by molar-refractivity contribution is 7.13. The maximum absolute atomic E-state index is 12.3. The summed E-state index contributed by atoms with van der Waals surface area (Å²) in [6.45, 7) is 6.24. The zero-order chi connectivity index (χ0) is 16.4. The van der Waals surface area contributed by atoms with Gasteiger partial charge in [-0.25, -0.2) is 0 Å². The summed E-state index contributed by atoms with van der Waals surface area (Å²) < 4.78 is 1.76. The monoisotopic (exact) mass is 325 g/mol. The molecule has 0 saturated carbocycles. The van der Waals surface area contributed by atoms with E-state index in [0.717, 1.165) is 27.5 Å². The van der Waals surface area contributed by atoms with Gasteiger partial charge in [0.15, 0.2) is 0 Å². The highest BCUT2D eigenvalue weighted by Gasteiger charge is 2.12. The van der Waals surface area contributed by atoms with Crippen molar-refractivity contribution in [2.45, 2.75) is 27.3 Å². The van der Waals surface area contributed by atoms with Crippen molar-refractivity contribution in [1.29, 1.82) is 0 Å². The Morgan fingerprint density at radius 2 is 2.00 bits per heavy atom. The van der Waals surface area contributed by atoms with E-state index < -0.39 is 0 Å².